The van der Waals surface area contributed by atoms with Crippen LogP contribution in [0.3, 0.4) is 0 Å². The molecule has 0 atom stereocenters. The zero-order valence-corrected chi connectivity index (χ0v) is 16.2. The summed E-state index contributed by atoms with van der Waals surface area (Å²) >= 11 is 0. The average Bonchev–Trinajstić information content (AvgIpc) is 2.74. The molecule has 0 radical (unpaired) electrons. The molecular weight excluding hydrogens is 386 g/mol. The normalized spacial score (nSPS) is 14.4. The number of nitrogens with one attached hydrogen (secondary N) is 1. The molecule has 1 amide bonds. The lowest BCUT2D eigenvalue weighted by atomic mass is 9.90. The minimum Gasteiger partial charge on any atom is -0.496 e. The maximum Gasteiger partial charge on any atom is 0.394 e. The molecule has 7 nitrogen and oxygen atoms in total. The predicted molar refractivity (Wildman–Crippen MR) is 113 cm³/mol. The number of fused-ring (bicyclic) bond motifs is 2. The molecule has 0 bridgehead atoms. The van der Waals surface area contributed by atoms with Crippen LogP contribution in [0.15, 0.2) is 51.7 Å². The highest BCUT2D eigenvalue weighted by Crippen LogP contribution is 2.34. The summed E-state index contributed by atoms with van der Waals surface area (Å²) in [4.78, 5) is 35.3. The van der Waals surface area contributed by atoms with Crippen LogP contribution in [-0.2, 0) is 16.0 Å². The number of allylic oxidation sites excluding steroid dienone is 1. The van der Waals surface area contributed by atoms with Crippen LogP contribution in [-0.4, -0.2) is 24.1 Å². The lowest BCUT2D eigenvalue weighted by molar-refractivity contribution is -0.147. The Hall–Kier alpha value is -3.87. The Kier molecular flexibility index (Phi) is 5.10. The van der Waals surface area contributed by atoms with Crippen LogP contribution in [0.4, 0.5) is 5.69 Å². The molecule has 2 N–H and O–H groups in total. The fourth-order valence-corrected chi connectivity index (χ4v) is 3.66. The number of para-hydroxylation sites is 1. The fourth-order valence-electron chi connectivity index (χ4n) is 3.66. The third kappa shape index (κ3) is 3.57. The van der Waals surface area contributed by atoms with E-state index < -0.39 is 11.9 Å². The quantitative estimate of drug-likeness (QED) is 0.644. The van der Waals surface area contributed by atoms with Crippen molar-refractivity contribution in [2.24, 2.45) is 0 Å². The Bertz CT molecular complexity index is 1250. The highest BCUT2D eigenvalue weighted by atomic mass is 16.5. The van der Waals surface area contributed by atoms with Crippen molar-refractivity contribution in [2.45, 2.75) is 19.3 Å². The second kappa shape index (κ2) is 7.87. The van der Waals surface area contributed by atoms with Crippen molar-refractivity contribution in [3.05, 3.63) is 69.6 Å². The van der Waals surface area contributed by atoms with E-state index in [0.717, 1.165) is 29.7 Å². The Balaban J connectivity index is 1.84. The second-order valence-electron chi connectivity index (χ2n) is 6.97. The van der Waals surface area contributed by atoms with Gasteiger partial charge in [0.05, 0.1) is 12.5 Å². The van der Waals surface area contributed by atoms with Crippen molar-refractivity contribution in [3.8, 4) is 5.75 Å². The molecule has 3 aromatic rings. The molecule has 0 aliphatic heterocycles. The molecule has 1 aliphatic carbocycles. The fraction of sp³-hybridized carbons (Fsp3) is 0.174. The maximum absolute atomic E-state index is 13.0. The van der Waals surface area contributed by atoms with E-state index >= 15 is 0 Å². The van der Waals surface area contributed by atoms with Gasteiger partial charge in [-0.3, -0.25) is 9.59 Å². The number of anilines is 1. The first-order chi connectivity index (χ1) is 14.5. The van der Waals surface area contributed by atoms with E-state index in [1.165, 1.54) is 18.2 Å². The van der Waals surface area contributed by atoms with Crippen molar-refractivity contribution in [1.29, 1.82) is 0 Å². The van der Waals surface area contributed by atoms with Gasteiger partial charge < -0.3 is 19.6 Å². The molecule has 1 aromatic heterocycles. The van der Waals surface area contributed by atoms with Crippen molar-refractivity contribution in [2.75, 3.05) is 12.4 Å². The van der Waals surface area contributed by atoms with E-state index in [1.54, 1.807) is 7.11 Å². The summed E-state index contributed by atoms with van der Waals surface area (Å²) < 4.78 is 11.5. The summed E-state index contributed by atoms with van der Waals surface area (Å²) in [6, 6.07) is 12.1. The molecule has 0 fully saturated rings. The number of carboxylic acid groups (broad SMARTS) is 1. The Morgan fingerprint density at radius 1 is 1.17 bits per heavy atom. The van der Waals surface area contributed by atoms with Gasteiger partial charge in [0.15, 0.2) is 5.43 Å². The van der Waals surface area contributed by atoms with Gasteiger partial charge in [0.2, 0.25) is 0 Å². The number of rotatable bonds is 3. The lowest BCUT2D eigenvalue weighted by Crippen LogP contribution is -2.22. The van der Waals surface area contributed by atoms with Crippen LogP contribution in [0.2, 0.25) is 0 Å². The highest BCUT2D eigenvalue weighted by molar-refractivity contribution is 6.36. The van der Waals surface area contributed by atoms with Gasteiger partial charge in [-0.05, 0) is 49.1 Å². The van der Waals surface area contributed by atoms with Gasteiger partial charge in [-0.15, -0.1) is 0 Å². The molecule has 4 rings (SSSR count). The first-order valence-electron chi connectivity index (χ1n) is 9.46. The van der Waals surface area contributed by atoms with Crippen molar-refractivity contribution in [1.82, 2.24) is 0 Å². The van der Waals surface area contributed by atoms with Crippen LogP contribution in [0.25, 0.3) is 22.6 Å². The molecule has 1 heterocycles. The Morgan fingerprint density at radius 3 is 2.73 bits per heavy atom. The minimum atomic E-state index is -1.59. The zero-order chi connectivity index (χ0) is 21.3. The maximum atomic E-state index is 13.0. The number of hydrogen-bond acceptors (Lipinski definition) is 5. The number of benzene rings is 2. The molecule has 0 saturated carbocycles. The number of hydrogen-bond donors (Lipinski definition) is 2. The van der Waals surface area contributed by atoms with Crippen LogP contribution < -0.4 is 15.5 Å². The number of carbonyl (C=O) groups is 2. The van der Waals surface area contributed by atoms with E-state index in [2.05, 4.69) is 5.32 Å². The first-order valence-corrected chi connectivity index (χ1v) is 9.46. The smallest absolute Gasteiger partial charge is 0.394 e. The SMILES string of the molecule is COc1ccccc1C=C1CCCc2c1oc1cc(NC(=O)C(=O)O)ccc1c2=O. The predicted octanol–water partition coefficient (Wildman–Crippen LogP) is 3.70. The summed E-state index contributed by atoms with van der Waals surface area (Å²) in [7, 11) is 1.60. The van der Waals surface area contributed by atoms with Crippen LogP contribution >= 0.6 is 0 Å². The van der Waals surface area contributed by atoms with Gasteiger partial charge >= 0.3 is 11.9 Å². The van der Waals surface area contributed by atoms with Gasteiger partial charge in [-0.25, -0.2) is 4.79 Å². The average molecular weight is 405 g/mol. The molecule has 152 valence electrons. The van der Waals surface area contributed by atoms with Crippen molar-refractivity contribution >= 4 is 40.2 Å². The number of amides is 1. The molecule has 30 heavy (non-hydrogen) atoms. The molecule has 2 aromatic carbocycles. The number of aliphatic carboxylic acids is 1. The zero-order valence-electron chi connectivity index (χ0n) is 16.2. The van der Waals surface area contributed by atoms with E-state index in [-0.39, 0.29) is 16.7 Å². The Morgan fingerprint density at radius 2 is 1.97 bits per heavy atom. The van der Waals surface area contributed by atoms with Crippen LogP contribution in [0, 0.1) is 0 Å². The summed E-state index contributed by atoms with van der Waals surface area (Å²) in [6.45, 7) is 0. The van der Waals surface area contributed by atoms with Gasteiger partial charge in [0.1, 0.15) is 17.1 Å². The molecule has 7 heteroatoms. The monoisotopic (exact) mass is 405 g/mol. The van der Waals surface area contributed by atoms with Crippen LogP contribution in [0.1, 0.15) is 29.7 Å². The van der Waals surface area contributed by atoms with Crippen molar-refractivity contribution < 1.29 is 23.8 Å². The van der Waals surface area contributed by atoms with Gasteiger partial charge in [-0.1, -0.05) is 18.2 Å². The molecule has 1 aliphatic rings. The van der Waals surface area contributed by atoms with Gasteiger partial charge in [0.25, 0.3) is 0 Å². The molecule has 0 saturated heterocycles. The first kappa shape index (κ1) is 19.4. The molecular formula is C23H19NO6. The number of ether oxygens (including phenoxy) is 1. The summed E-state index contributed by atoms with van der Waals surface area (Å²) in [5.41, 5.74) is 2.80. The Labute approximate surface area is 171 Å². The molecule has 0 unspecified atom stereocenters. The number of carboxylic acids is 1. The van der Waals surface area contributed by atoms with E-state index in [4.69, 9.17) is 14.3 Å². The standard InChI is InChI=1S/C23H19NO6/c1-29-18-8-3-2-5-13(18)11-14-6-4-7-17-20(25)16-10-9-15(24-22(26)23(27)28)12-19(16)30-21(14)17/h2-3,5,8-12H,4,6-7H2,1H3,(H,24,26)(H,27,28). The third-order valence-corrected chi connectivity index (χ3v) is 5.07. The van der Waals surface area contributed by atoms with Crippen LogP contribution in [0.5, 0.6) is 5.75 Å². The largest absolute Gasteiger partial charge is 0.496 e. The number of carbonyl (C=O) groups excluding carboxylic acids is 1. The van der Waals surface area contributed by atoms with Crippen molar-refractivity contribution in [3.63, 3.8) is 0 Å². The lowest BCUT2D eigenvalue weighted by Gasteiger charge is -2.18. The van der Waals surface area contributed by atoms with E-state index in [1.807, 2.05) is 30.3 Å². The molecule has 0 spiro atoms. The van der Waals surface area contributed by atoms with E-state index in [9.17, 15) is 14.4 Å². The summed E-state index contributed by atoms with van der Waals surface area (Å²) in [5, 5.41) is 11.4. The topological polar surface area (TPSA) is 106 Å². The van der Waals surface area contributed by atoms with Gasteiger partial charge in [-0.2, -0.15) is 0 Å². The summed E-state index contributed by atoms with van der Waals surface area (Å²) in [5.74, 6) is -1.51. The highest BCUT2D eigenvalue weighted by Gasteiger charge is 2.22. The minimum absolute atomic E-state index is 0.118. The third-order valence-electron chi connectivity index (χ3n) is 5.07. The van der Waals surface area contributed by atoms with E-state index in [0.29, 0.717) is 23.1 Å². The van der Waals surface area contributed by atoms with Gasteiger partial charge in [0, 0.05) is 22.9 Å². The number of methoxy groups -OCH3 is 1. The summed E-state index contributed by atoms with van der Waals surface area (Å²) in [6.07, 6.45) is 4.15. The second-order valence-corrected chi connectivity index (χ2v) is 6.97.